The topological polar surface area (TPSA) is 69.2 Å². The molecule has 1 unspecified atom stereocenters. The molecule has 0 aromatic heterocycles. The van der Waals surface area contributed by atoms with Crippen molar-refractivity contribution in [1.29, 1.82) is 0 Å². The van der Waals surface area contributed by atoms with Crippen molar-refractivity contribution in [2.45, 2.75) is 65.2 Å². The van der Waals surface area contributed by atoms with E-state index in [0.717, 1.165) is 24.0 Å². The standard InChI is InChI=1S/C16H26N2O2/c1-4-5-6-7-8-9-12(2)14-11-15(17)13(3)10-16(14)18(19)20/h10-12H,4-9,17H2,1-3H3. The van der Waals surface area contributed by atoms with Crippen LogP contribution in [0.1, 0.15) is 69.4 Å². The highest BCUT2D eigenvalue weighted by Crippen LogP contribution is 2.33. The van der Waals surface area contributed by atoms with Crippen LogP contribution in [0.3, 0.4) is 0 Å². The smallest absolute Gasteiger partial charge is 0.273 e. The lowest BCUT2D eigenvalue weighted by Gasteiger charge is -2.14. The fourth-order valence-corrected chi connectivity index (χ4v) is 2.49. The first-order valence-corrected chi connectivity index (χ1v) is 7.51. The van der Waals surface area contributed by atoms with Crippen molar-refractivity contribution in [2.75, 3.05) is 5.73 Å². The van der Waals surface area contributed by atoms with Gasteiger partial charge in [-0.05, 0) is 30.9 Å². The number of hydrogen-bond acceptors (Lipinski definition) is 3. The summed E-state index contributed by atoms with van der Waals surface area (Å²) in [6.45, 7) is 6.06. The normalized spacial score (nSPS) is 12.3. The van der Waals surface area contributed by atoms with Crippen molar-refractivity contribution in [1.82, 2.24) is 0 Å². The maximum Gasteiger partial charge on any atom is 0.273 e. The Morgan fingerprint density at radius 1 is 1.25 bits per heavy atom. The summed E-state index contributed by atoms with van der Waals surface area (Å²) < 4.78 is 0. The lowest BCUT2D eigenvalue weighted by molar-refractivity contribution is -0.385. The maximum atomic E-state index is 11.2. The molecule has 1 atom stereocenters. The number of nitro benzene ring substituents is 1. The average molecular weight is 278 g/mol. The molecule has 20 heavy (non-hydrogen) atoms. The fraction of sp³-hybridized carbons (Fsp3) is 0.625. The van der Waals surface area contributed by atoms with E-state index in [0.29, 0.717) is 5.69 Å². The first-order chi connectivity index (χ1) is 9.47. The monoisotopic (exact) mass is 278 g/mol. The van der Waals surface area contributed by atoms with Crippen molar-refractivity contribution < 1.29 is 4.92 Å². The Bertz CT molecular complexity index is 458. The van der Waals surface area contributed by atoms with Gasteiger partial charge in [-0.1, -0.05) is 46.0 Å². The highest BCUT2D eigenvalue weighted by atomic mass is 16.6. The van der Waals surface area contributed by atoms with Gasteiger partial charge in [0, 0.05) is 17.3 Å². The quantitative estimate of drug-likeness (QED) is 0.316. The Kier molecular flexibility index (Phi) is 6.49. The Morgan fingerprint density at radius 2 is 1.90 bits per heavy atom. The van der Waals surface area contributed by atoms with Crippen molar-refractivity contribution in [3.63, 3.8) is 0 Å². The van der Waals surface area contributed by atoms with E-state index >= 15 is 0 Å². The highest BCUT2D eigenvalue weighted by molar-refractivity contribution is 5.57. The highest BCUT2D eigenvalue weighted by Gasteiger charge is 2.20. The van der Waals surface area contributed by atoms with Crippen molar-refractivity contribution in [3.05, 3.63) is 33.4 Å². The van der Waals surface area contributed by atoms with Crippen LogP contribution in [0, 0.1) is 17.0 Å². The van der Waals surface area contributed by atoms with Gasteiger partial charge in [0.25, 0.3) is 5.69 Å². The number of anilines is 1. The third kappa shape index (κ3) is 4.51. The molecule has 1 aromatic carbocycles. The van der Waals surface area contributed by atoms with Gasteiger partial charge >= 0.3 is 0 Å². The first kappa shape index (κ1) is 16.5. The zero-order valence-corrected chi connectivity index (χ0v) is 12.8. The average Bonchev–Trinajstić information content (AvgIpc) is 2.40. The molecule has 0 amide bonds. The van der Waals surface area contributed by atoms with Crippen LogP contribution < -0.4 is 5.73 Å². The summed E-state index contributed by atoms with van der Waals surface area (Å²) >= 11 is 0. The van der Waals surface area contributed by atoms with Crippen molar-refractivity contribution >= 4 is 11.4 Å². The second-order valence-corrected chi connectivity index (χ2v) is 5.63. The number of nitrogens with two attached hydrogens (primary N) is 1. The van der Waals surface area contributed by atoms with Crippen LogP contribution in [0.2, 0.25) is 0 Å². The summed E-state index contributed by atoms with van der Waals surface area (Å²) in [5.74, 6) is 0.180. The molecule has 1 rings (SSSR count). The first-order valence-electron chi connectivity index (χ1n) is 7.51. The van der Waals surface area contributed by atoms with Gasteiger partial charge in [-0.2, -0.15) is 0 Å². The summed E-state index contributed by atoms with van der Waals surface area (Å²) in [6, 6.07) is 3.38. The van der Waals surface area contributed by atoms with Gasteiger partial charge in [0.1, 0.15) is 0 Å². The van der Waals surface area contributed by atoms with Gasteiger partial charge in [-0.3, -0.25) is 10.1 Å². The van der Waals surface area contributed by atoms with Crippen LogP contribution in [0.25, 0.3) is 0 Å². The summed E-state index contributed by atoms with van der Waals surface area (Å²) in [7, 11) is 0. The molecule has 0 radical (unpaired) electrons. The fourth-order valence-electron chi connectivity index (χ4n) is 2.49. The van der Waals surface area contributed by atoms with E-state index in [1.807, 2.05) is 6.92 Å². The molecule has 0 saturated carbocycles. The number of rotatable bonds is 8. The third-order valence-corrected chi connectivity index (χ3v) is 3.88. The lowest BCUT2D eigenvalue weighted by atomic mass is 9.92. The van der Waals surface area contributed by atoms with Gasteiger partial charge in [0.05, 0.1) is 4.92 Å². The lowest BCUT2D eigenvalue weighted by Crippen LogP contribution is -2.03. The summed E-state index contributed by atoms with van der Waals surface area (Å²) in [5.41, 5.74) is 8.29. The number of aryl methyl sites for hydroxylation is 1. The van der Waals surface area contributed by atoms with Crippen LogP contribution in [0.4, 0.5) is 11.4 Å². The molecule has 0 aliphatic heterocycles. The number of hydrogen-bond donors (Lipinski definition) is 1. The predicted molar refractivity (Wildman–Crippen MR) is 84.0 cm³/mol. The Hall–Kier alpha value is -1.58. The molecule has 4 heteroatoms. The van der Waals surface area contributed by atoms with Crippen molar-refractivity contribution in [2.24, 2.45) is 0 Å². The van der Waals surface area contributed by atoms with Gasteiger partial charge < -0.3 is 5.73 Å². The second-order valence-electron chi connectivity index (χ2n) is 5.63. The minimum absolute atomic E-state index is 0.180. The molecule has 0 bridgehead atoms. The third-order valence-electron chi connectivity index (χ3n) is 3.88. The minimum Gasteiger partial charge on any atom is -0.398 e. The molecule has 2 N–H and O–H groups in total. The molecule has 112 valence electrons. The zero-order chi connectivity index (χ0) is 15.1. The van der Waals surface area contributed by atoms with Crippen molar-refractivity contribution in [3.8, 4) is 0 Å². The molecule has 4 nitrogen and oxygen atoms in total. The number of nitrogen functional groups attached to an aromatic ring is 1. The SMILES string of the molecule is CCCCCCCC(C)c1cc(N)c(C)cc1[N+](=O)[O-]. The number of nitrogens with zero attached hydrogens (tertiary/aromatic N) is 1. The van der Waals surface area contributed by atoms with E-state index in [1.165, 1.54) is 25.7 Å². The van der Waals surface area contributed by atoms with Crippen LogP contribution in [0.15, 0.2) is 12.1 Å². The summed E-state index contributed by atoms with van der Waals surface area (Å²) in [4.78, 5) is 10.9. The molecule has 0 aliphatic rings. The van der Waals surface area contributed by atoms with E-state index in [9.17, 15) is 10.1 Å². The van der Waals surface area contributed by atoms with E-state index < -0.39 is 0 Å². The predicted octanol–water partition coefficient (Wildman–Crippen LogP) is 4.95. The zero-order valence-electron chi connectivity index (χ0n) is 12.8. The van der Waals surface area contributed by atoms with Crippen LogP contribution in [-0.4, -0.2) is 4.92 Å². The van der Waals surface area contributed by atoms with Gasteiger partial charge in [0.2, 0.25) is 0 Å². The van der Waals surface area contributed by atoms with Crippen LogP contribution in [0.5, 0.6) is 0 Å². The van der Waals surface area contributed by atoms with Gasteiger partial charge in [0.15, 0.2) is 0 Å². The van der Waals surface area contributed by atoms with Gasteiger partial charge in [-0.15, -0.1) is 0 Å². The number of unbranched alkanes of at least 4 members (excludes halogenated alkanes) is 4. The molecular weight excluding hydrogens is 252 g/mol. The Labute approximate surface area is 121 Å². The molecule has 1 aromatic rings. The molecule has 0 saturated heterocycles. The Morgan fingerprint density at radius 3 is 2.50 bits per heavy atom. The molecule has 0 spiro atoms. The van der Waals surface area contributed by atoms with Gasteiger partial charge in [-0.25, -0.2) is 0 Å². The van der Waals surface area contributed by atoms with E-state index in [2.05, 4.69) is 13.8 Å². The molecule has 0 heterocycles. The van der Waals surface area contributed by atoms with E-state index in [-0.39, 0.29) is 16.5 Å². The summed E-state index contributed by atoms with van der Waals surface area (Å²) in [5, 5.41) is 11.2. The second kappa shape index (κ2) is 7.88. The summed E-state index contributed by atoms with van der Waals surface area (Å²) in [6.07, 6.45) is 7.05. The largest absolute Gasteiger partial charge is 0.398 e. The Balaban J connectivity index is 2.73. The maximum absolute atomic E-state index is 11.2. The molecular formula is C16H26N2O2. The van der Waals surface area contributed by atoms with E-state index in [1.54, 1.807) is 12.1 Å². The van der Waals surface area contributed by atoms with Crippen LogP contribution in [-0.2, 0) is 0 Å². The number of benzene rings is 1. The van der Waals surface area contributed by atoms with E-state index in [4.69, 9.17) is 5.73 Å². The number of nitro groups is 1. The molecule has 0 aliphatic carbocycles. The molecule has 0 fully saturated rings. The minimum atomic E-state index is -0.296. The van der Waals surface area contributed by atoms with Crippen LogP contribution >= 0.6 is 0 Å².